The molecule has 0 aliphatic carbocycles. The minimum absolute atomic E-state index is 0.0523. The van der Waals surface area contributed by atoms with Gasteiger partial charge in [-0.25, -0.2) is 0 Å². The minimum atomic E-state index is -0.0523. The van der Waals surface area contributed by atoms with E-state index >= 15 is 0 Å². The summed E-state index contributed by atoms with van der Waals surface area (Å²) in [4.78, 5) is 2.53. The first-order valence-corrected chi connectivity index (χ1v) is 6.25. The molecule has 78 valence electrons. The first kappa shape index (κ1) is 11.3. The first-order chi connectivity index (χ1) is 5.99. The lowest BCUT2D eigenvalue weighted by Gasteiger charge is -2.32. The van der Waals surface area contributed by atoms with Crippen LogP contribution in [0.5, 0.6) is 0 Å². The summed E-state index contributed by atoms with van der Waals surface area (Å²) in [6.07, 6.45) is 1.31. The molecule has 0 aromatic carbocycles. The standard InChI is InChI=1S/C10H22N2S/c1-9-4-6-13-7-5-12(9)8-10(2,3)11/h9H,4-8,11H2,1-3H3. The van der Waals surface area contributed by atoms with Crippen LogP contribution in [-0.4, -0.2) is 41.1 Å². The summed E-state index contributed by atoms with van der Waals surface area (Å²) in [7, 11) is 0. The van der Waals surface area contributed by atoms with Crippen LogP contribution in [-0.2, 0) is 0 Å². The van der Waals surface area contributed by atoms with E-state index in [1.54, 1.807) is 0 Å². The zero-order valence-corrected chi connectivity index (χ0v) is 9.86. The highest BCUT2D eigenvalue weighted by molar-refractivity contribution is 7.99. The molecular formula is C10H22N2S. The predicted molar refractivity (Wildman–Crippen MR) is 61.2 cm³/mol. The Balaban J connectivity index is 2.45. The molecule has 1 aliphatic rings. The van der Waals surface area contributed by atoms with Crippen LogP contribution in [0.15, 0.2) is 0 Å². The average molecular weight is 202 g/mol. The summed E-state index contributed by atoms with van der Waals surface area (Å²) in [5.74, 6) is 2.57. The molecule has 2 nitrogen and oxygen atoms in total. The van der Waals surface area contributed by atoms with Crippen LogP contribution in [0.3, 0.4) is 0 Å². The van der Waals surface area contributed by atoms with E-state index in [0.29, 0.717) is 6.04 Å². The van der Waals surface area contributed by atoms with E-state index < -0.39 is 0 Å². The molecule has 2 N–H and O–H groups in total. The molecule has 0 spiro atoms. The maximum atomic E-state index is 6.03. The van der Waals surface area contributed by atoms with Crippen molar-refractivity contribution in [3.8, 4) is 0 Å². The molecule has 3 heteroatoms. The lowest BCUT2D eigenvalue weighted by Crippen LogP contribution is -2.48. The molecule has 0 saturated carbocycles. The minimum Gasteiger partial charge on any atom is -0.324 e. The van der Waals surface area contributed by atoms with Crippen LogP contribution in [0, 0.1) is 0 Å². The van der Waals surface area contributed by atoms with Crippen molar-refractivity contribution in [3.05, 3.63) is 0 Å². The molecule has 1 aliphatic heterocycles. The average Bonchev–Trinajstić information content (AvgIpc) is 2.14. The summed E-state index contributed by atoms with van der Waals surface area (Å²) in [5.41, 5.74) is 5.98. The second kappa shape index (κ2) is 4.67. The van der Waals surface area contributed by atoms with Crippen molar-refractivity contribution >= 4 is 11.8 Å². The smallest absolute Gasteiger partial charge is 0.0226 e. The van der Waals surface area contributed by atoms with Gasteiger partial charge in [0.15, 0.2) is 0 Å². The summed E-state index contributed by atoms with van der Waals surface area (Å²) in [6, 6.07) is 0.706. The molecule has 0 aromatic rings. The Morgan fingerprint density at radius 1 is 1.46 bits per heavy atom. The lowest BCUT2D eigenvalue weighted by molar-refractivity contribution is 0.183. The molecule has 1 rings (SSSR count). The largest absolute Gasteiger partial charge is 0.324 e. The van der Waals surface area contributed by atoms with Crippen molar-refractivity contribution in [1.29, 1.82) is 0 Å². The molecule has 0 aromatic heterocycles. The molecule has 0 amide bonds. The van der Waals surface area contributed by atoms with E-state index in [1.165, 1.54) is 24.5 Å². The van der Waals surface area contributed by atoms with Gasteiger partial charge in [-0.05, 0) is 32.9 Å². The van der Waals surface area contributed by atoms with Gasteiger partial charge in [-0.1, -0.05) is 0 Å². The Bertz CT molecular complexity index is 153. The quantitative estimate of drug-likeness (QED) is 0.737. The van der Waals surface area contributed by atoms with Crippen LogP contribution in [0.2, 0.25) is 0 Å². The van der Waals surface area contributed by atoms with Crippen LogP contribution < -0.4 is 5.73 Å². The SMILES string of the molecule is CC1CCSCCN1CC(C)(C)N. The zero-order chi connectivity index (χ0) is 9.90. The zero-order valence-electron chi connectivity index (χ0n) is 9.05. The van der Waals surface area contributed by atoms with Gasteiger partial charge in [0.1, 0.15) is 0 Å². The second-order valence-corrected chi connectivity index (χ2v) is 5.93. The van der Waals surface area contributed by atoms with Crippen LogP contribution >= 0.6 is 11.8 Å². The molecular weight excluding hydrogens is 180 g/mol. The third-order valence-electron chi connectivity index (χ3n) is 2.44. The summed E-state index contributed by atoms with van der Waals surface area (Å²) >= 11 is 2.07. The van der Waals surface area contributed by atoms with Gasteiger partial charge >= 0.3 is 0 Å². The fraction of sp³-hybridized carbons (Fsp3) is 1.00. The molecule has 1 unspecified atom stereocenters. The van der Waals surface area contributed by atoms with Crippen molar-refractivity contribution in [2.24, 2.45) is 5.73 Å². The Labute approximate surface area is 86.2 Å². The second-order valence-electron chi connectivity index (χ2n) is 4.71. The Kier molecular flexibility index (Phi) is 4.07. The fourth-order valence-corrected chi connectivity index (χ4v) is 2.77. The van der Waals surface area contributed by atoms with Gasteiger partial charge in [0.2, 0.25) is 0 Å². The molecule has 1 fully saturated rings. The van der Waals surface area contributed by atoms with Crippen LogP contribution in [0.1, 0.15) is 27.2 Å². The maximum absolute atomic E-state index is 6.03. The number of rotatable bonds is 2. The molecule has 1 heterocycles. The Morgan fingerprint density at radius 2 is 2.15 bits per heavy atom. The van der Waals surface area contributed by atoms with Gasteiger partial charge in [0.05, 0.1) is 0 Å². The van der Waals surface area contributed by atoms with Gasteiger partial charge in [-0.3, -0.25) is 4.90 Å². The Hall–Kier alpha value is 0.270. The third kappa shape index (κ3) is 4.34. The number of nitrogens with zero attached hydrogens (tertiary/aromatic N) is 1. The van der Waals surface area contributed by atoms with Gasteiger partial charge in [0.25, 0.3) is 0 Å². The maximum Gasteiger partial charge on any atom is 0.0226 e. The van der Waals surface area contributed by atoms with Crippen molar-refractivity contribution in [2.45, 2.75) is 38.8 Å². The normalized spacial score (nSPS) is 27.2. The number of nitrogens with two attached hydrogens (primary N) is 1. The number of hydrogen-bond acceptors (Lipinski definition) is 3. The van der Waals surface area contributed by atoms with E-state index in [9.17, 15) is 0 Å². The molecule has 1 atom stereocenters. The van der Waals surface area contributed by atoms with E-state index in [-0.39, 0.29) is 5.54 Å². The van der Waals surface area contributed by atoms with E-state index in [4.69, 9.17) is 5.73 Å². The molecule has 13 heavy (non-hydrogen) atoms. The topological polar surface area (TPSA) is 29.3 Å². The number of thioether (sulfide) groups is 1. The third-order valence-corrected chi connectivity index (χ3v) is 3.43. The molecule has 1 saturated heterocycles. The van der Waals surface area contributed by atoms with E-state index in [0.717, 1.165) is 6.54 Å². The van der Waals surface area contributed by atoms with E-state index in [1.807, 2.05) is 0 Å². The van der Waals surface area contributed by atoms with E-state index in [2.05, 4.69) is 37.4 Å². The summed E-state index contributed by atoms with van der Waals surface area (Å²) in [5, 5.41) is 0. The molecule has 0 bridgehead atoms. The van der Waals surface area contributed by atoms with Crippen LogP contribution in [0.4, 0.5) is 0 Å². The molecule has 0 radical (unpaired) electrons. The number of hydrogen-bond donors (Lipinski definition) is 1. The van der Waals surface area contributed by atoms with Gasteiger partial charge in [0, 0.05) is 30.4 Å². The summed E-state index contributed by atoms with van der Waals surface area (Å²) < 4.78 is 0. The predicted octanol–water partition coefficient (Wildman–Crippen LogP) is 1.55. The highest BCUT2D eigenvalue weighted by Crippen LogP contribution is 2.17. The van der Waals surface area contributed by atoms with Gasteiger partial charge in [-0.15, -0.1) is 0 Å². The summed E-state index contributed by atoms with van der Waals surface area (Å²) in [6.45, 7) is 8.76. The monoisotopic (exact) mass is 202 g/mol. The van der Waals surface area contributed by atoms with Crippen molar-refractivity contribution in [1.82, 2.24) is 4.90 Å². The van der Waals surface area contributed by atoms with Crippen molar-refractivity contribution in [2.75, 3.05) is 24.6 Å². The van der Waals surface area contributed by atoms with Crippen molar-refractivity contribution in [3.63, 3.8) is 0 Å². The Morgan fingerprint density at radius 3 is 2.77 bits per heavy atom. The first-order valence-electron chi connectivity index (χ1n) is 5.10. The highest BCUT2D eigenvalue weighted by Gasteiger charge is 2.22. The fourth-order valence-electron chi connectivity index (χ4n) is 1.70. The van der Waals surface area contributed by atoms with Crippen molar-refractivity contribution < 1.29 is 0 Å². The highest BCUT2D eigenvalue weighted by atomic mass is 32.2. The van der Waals surface area contributed by atoms with Gasteiger partial charge in [-0.2, -0.15) is 11.8 Å². The van der Waals surface area contributed by atoms with Gasteiger partial charge < -0.3 is 5.73 Å². The lowest BCUT2D eigenvalue weighted by atomic mass is 10.1. The van der Waals surface area contributed by atoms with Crippen LogP contribution in [0.25, 0.3) is 0 Å².